The summed E-state index contributed by atoms with van der Waals surface area (Å²) >= 11 is 3.89. The van der Waals surface area contributed by atoms with Crippen LogP contribution in [0.15, 0.2) is 67.0 Å². The smallest absolute Gasteiger partial charge is 0.258 e. The number of hydrogen-bond donors (Lipinski definition) is 3. The molecule has 2 unspecified atom stereocenters. The van der Waals surface area contributed by atoms with Gasteiger partial charge in [-0.1, -0.05) is 43.8 Å². The van der Waals surface area contributed by atoms with Crippen LogP contribution in [0.2, 0.25) is 0 Å². The van der Waals surface area contributed by atoms with Crippen LogP contribution in [0.5, 0.6) is 0 Å². The van der Waals surface area contributed by atoms with Gasteiger partial charge in [0, 0.05) is 27.6 Å². The molecule has 2 aliphatic heterocycles. The number of carbonyl (C=O) groups is 2. The second-order valence-electron chi connectivity index (χ2n) is 9.92. The first-order valence-corrected chi connectivity index (χ1v) is 15.4. The van der Waals surface area contributed by atoms with Crippen LogP contribution in [0.25, 0.3) is 11.2 Å². The average Bonchev–Trinajstić information content (AvgIpc) is 3.84. The minimum Gasteiger partial charge on any atom is -0.400 e. The lowest BCUT2D eigenvalue weighted by atomic mass is 10.0. The number of aliphatic hydroxyl groups is 1. The van der Waals surface area contributed by atoms with Crippen molar-refractivity contribution >= 4 is 55.4 Å². The van der Waals surface area contributed by atoms with Gasteiger partial charge in [0.1, 0.15) is 19.0 Å². The van der Waals surface area contributed by atoms with Gasteiger partial charge in [-0.3, -0.25) is 19.5 Å². The van der Waals surface area contributed by atoms with Crippen molar-refractivity contribution in [2.45, 2.75) is 44.8 Å². The molecule has 5 atom stereocenters. The Morgan fingerprint density at radius 3 is 2.49 bits per heavy atom. The first-order valence-electron chi connectivity index (χ1n) is 16.3. The van der Waals surface area contributed by atoms with E-state index in [-0.39, 0.29) is 49.5 Å². The predicted molar refractivity (Wildman–Crippen MR) is 178 cm³/mol. The first kappa shape index (κ1) is 31.5. The van der Waals surface area contributed by atoms with Crippen LogP contribution >= 0.6 is 20.7 Å². The van der Waals surface area contributed by atoms with Crippen molar-refractivity contribution in [3.05, 3.63) is 78.1 Å². The fourth-order valence-corrected chi connectivity index (χ4v) is 5.95. The van der Waals surface area contributed by atoms with E-state index in [1.54, 1.807) is 71.9 Å². The van der Waals surface area contributed by atoms with Crippen LogP contribution < -0.4 is 10.6 Å². The zero-order chi connectivity index (χ0) is 37.4. The van der Waals surface area contributed by atoms with Gasteiger partial charge < -0.3 is 28.9 Å². The highest BCUT2D eigenvalue weighted by atomic mass is 35.5. The second kappa shape index (κ2) is 16.7. The number of nitriles is 1. The molecule has 4 heterocycles. The van der Waals surface area contributed by atoms with Crippen LogP contribution in [0.3, 0.4) is 0 Å². The summed E-state index contributed by atoms with van der Waals surface area (Å²) in [5.41, 5.74) is 0.255. The summed E-state index contributed by atoms with van der Waals surface area (Å²) in [6.07, 6.45) is -0.339. The van der Waals surface area contributed by atoms with E-state index in [9.17, 15) is 9.59 Å². The number of imidazole rings is 1. The maximum Gasteiger partial charge on any atom is 0.258 e. The maximum atomic E-state index is 13.1. The Morgan fingerprint density at radius 1 is 1.23 bits per heavy atom. The van der Waals surface area contributed by atoms with Gasteiger partial charge in [0.2, 0.25) is 7.38 Å². The number of aromatic nitrogens is 4. The van der Waals surface area contributed by atoms with Crippen molar-refractivity contribution in [2.24, 2.45) is 0 Å². The summed E-state index contributed by atoms with van der Waals surface area (Å²) in [4.78, 5) is 39.6. The molecular formula is C31H37ClN7O7P. The summed E-state index contributed by atoms with van der Waals surface area (Å²) in [6, 6.07) is 19.2. The van der Waals surface area contributed by atoms with Gasteiger partial charge in [-0.05, 0) is 31.2 Å². The highest BCUT2D eigenvalue weighted by Gasteiger charge is 2.61. The molecule has 14 nitrogen and oxygen atoms in total. The third-order valence-electron chi connectivity index (χ3n) is 6.95. The molecule has 2 fully saturated rings. The van der Waals surface area contributed by atoms with E-state index in [4.69, 9.17) is 29.1 Å². The van der Waals surface area contributed by atoms with Crippen LogP contribution in [-0.2, 0) is 18.5 Å². The third kappa shape index (κ3) is 8.09. The number of aliphatic hydroxyl groups excluding tert-OH is 1. The Kier molecular flexibility index (Phi) is 11.2. The molecular weight excluding hydrogens is 649 g/mol. The van der Waals surface area contributed by atoms with Gasteiger partial charge >= 0.3 is 0 Å². The molecule has 16 heteroatoms. The van der Waals surface area contributed by atoms with Crippen molar-refractivity contribution in [3.63, 3.8) is 0 Å². The minimum atomic E-state index is -1.38. The molecule has 2 bridgehead atoms. The maximum absolute atomic E-state index is 13.1. The highest BCUT2D eigenvalue weighted by Crippen LogP contribution is 2.51. The fraction of sp³-hybridized carbons (Fsp3) is 0.355. The summed E-state index contributed by atoms with van der Waals surface area (Å²) in [5, 5.41) is 17.8. The lowest BCUT2D eigenvalue weighted by molar-refractivity contribution is -0.164. The van der Waals surface area contributed by atoms with Crippen LogP contribution in [0.4, 0.5) is 11.8 Å². The number of halogens is 1. The molecule has 250 valence electrons. The van der Waals surface area contributed by atoms with Crippen molar-refractivity contribution in [2.75, 3.05) is 37.6 Å². The first-order chi connectivity index (χ1) is 24.8. The van der Waals surface area contributed by atoms with Gasteiger partial charge in [0.15, 0.2) is 31.6 Å². The summed E-state index contributed by atoms with van der Waals surface area (Å²) in [7, 11) is 1.16. The molecule has 2 aliphatic rings. The van der Waals surface area contributed by atoms with Crippen LogP contribution in [0.1, 0.15) is 50.4 Å². The highest BCUT2D eigenvalue weighted by molar-refractivity contribution is 7.46. The number of ether oxygens (including phenoxy) is 2. The molecule has 4 aromatic rings. The number of benzene rings is 2. The number of amides is 2. The number of nitrogens with one attached hydrogen (secondary N) is 2. The average molecular weight is 692 g/mol. The number of hydrogen-bond acceptors (Lipinski definition) is 11. The molecule has 2 aromatic carbocycles. The number of fused-ring (bicyclic) bond motifs is 3. The Labute approximate surface area is 285 Å². The van der Waals surface area contributed by atoms with Gasteiger partial charge in [-0.2, -0.15) is 15.2 Å². The number of anilines is 2. The molecule has 0 radical (unpaired) electrons. The van der Waals surface area contributed by atoms with E-state index in [1.807, 2.05) is 6.07 Å². The van der Waals surface area contributed by atoms with Crippen molar-refractivity contribution in [3.8, 4) is 6.07 Å². The molecule has 2 amide bonds. The van der Waals surface area contributed by atoms with Gasteiger partial charge in [-0.25, -0.2) is 4.98 Å². The molecule has 3 N–H and O–H groups in total. The monoisotopic (exact) mass is 691 g/mol. The summed E-state index contributed by atoms with van der Waals surface area (Å²) in [5.74, 6) is -0.841. The van der Waals surface area contributed by atoms with Gasteiger partial charge in [0.05, 0.1) is 32.0 Å². The largest absolute Gasteiger partial charge is 0.400 e. The van der Waals surface area contributed by atoms with E-state index >= 15 is 0 Å². The molecule has 0 saturated carbocycles. The van der Waals surface area contributed by atoms with Crippen molar-refractivity contribution in [1.29, 1.82) is 7.87 Å². The summed E-state index contributed by atoms with van der Waals surface area (Å²) < 4.78 is 51.0. The Morgan fingerprint density at radius 2 is 1.87 bits per heavy atom. The number of nitrogens with zero attached hydrogens (tertiary/aromatic N) is 5. The molecule has 2 aromatic heterocycles. The predicted octanol–water partition coefficient (Wildman–Crippen LogP) is 4.94. The van der Waals surface area contributed by atoms with Crippen molar-refractivity contribution < 1.29 is 36.0 Å². The quantitative estimate of drug-likeness (QED) is 0.151. The van der Waals surface area contributed by atoms with Crippen LogP contribution in [-0.4, -0.2) is 83.8 Å². The Bertz CT molecular complexity index is 1750. The van der Waals surface area contributed by atoms with E-state index in [1.165, 1.54) is 20.8 Å². The zero-order valence-corrected chi connectivity index (χ0v) is 27.5. The zero-order valence-electron chi connectivity index (χ0n) is 29.8. The fourth-order valence-electron chi connectivity index (χ4n) is 4.91. The van der Waals surface area contributed by atoms with E-state index in [0.29, 0.717) is 11.1 Å². The second-order valence-corrected chi connectivity index (χ2v) is 11.3. The van der Waals surface area contributed by atoms with E-state index in [2.05, 4.69) is 43.0 Å². The molecule has 2 saturated heterocycles. The SMILES string of the molecule is [2H]C[C@]12CO[C@@H](C1OP(C)OCCC#N)[C@H](n1cnc3c(NC(=O)c4ccccc4)nc(NC(=O)c4ccccc4)nc31)O2.[2H]Cl.[3H]C.[3H]OC. The normalized spacial score (nSPS) is 22.1. The molecule has 47 heavy (non-hydrogen) atoms. The molecule has 0 spiro atoms. The summed E-state index contributed by atoms with van der Waals surface area (Å²) in [6.45, 7) is 2.03. The van der Waals surface area contributed by atoms with Gasteiger partial charge in [0.25, 0.3) is 11.8 Å². The molecule has 6 rings (SSSR count). The van der Waals surface area contributed by atoms with Gasteiger partial charge in [-0.15, -0.1) is 12.3 Å². The standard InChI is InChI=1S/C29H28N7O6P.CH4O.CH4.ClH/c1-29-16-39-21(22(29)42-43(2)40-15-9-14-30)27(41-29)36-17-31-20-23(32-25(37)18-10-5-3-6-11-18)33-28(34-24(20)36)35-26(38)19-12-7-4-8-13-19;1-2;;/h3-8,10-13,17,21-22,27H,9,15-16H2,1-2H3,(H2,32,33,34,35,37,38);2H,1H3;1H4;1H/t21-,22?,27+,29-,43?;;;/m0.../s1/i1D;2T;1T;/hD. The number of carbonyl (C=O) groups excluding carboxylic acids is 2. The topological polar surface area (TPSA) is 183 Å². The van der Waals surface area contributed by atoms with Crippen LogP contribution in [0, 0.1) is 11.3 Å². The molecule has 0 aliphatic carbocycles. The number of rotatable bonds is 10. The lowest BCUT2D eigenvalue weighted by Crippen LogP contribution is -2.37. The lowest BCUT2D eigenvalue weighted by Gasteiger charge is -2.28. The third-order valence-corrected chi connectivity index (χ3v) is 8.02. The Hall–Kier alpha value is -4.06. The minimum absolute atomic E-state index is 0.0634. The van der Waals surface area contributed by atoms with E-state index in [0.717, 1.165) is 0 Å². The van der Waals surface area contributed by atoms with Crippen molar-refractivity contribution in [1.82, 2.24) is 19.5 Å². The van der Waals surface area contributed by atoms with E-state index < -0.39 is 44.2 Å². The Balaban J connectivity index is 0.000000938.